The second-order valence-electron chi connectivity index (χ2n) is 5.84. The van der Waals surface area contributed by atoms with E-state index >= 15 is 0 Å². The summed E-state index contributed by atoms with van der Waals surface area (Å²) in [4.78, 5) is 15.2. The first-order chi connectivity index (χ1) is 10.5. The molecule has 4 heteroatoms. The number of hydrogen-bond donors (Lipinski definition) is 0. The van der Waals surface area contributed by atoms with E-state index in [0.29, 0.717) is 10.0 Å². The summed E-state index contributed by atoms with van der Waals surface area (Å²) in [5.74, 6) is -0.0644. The first-order valence-corrected chi connectivity index (χ1v) is 8.03. The Kier molecular flexibility index (Phi) is 4.53. The highest BCUT2D eigenvalue weighted by atomic mass is 35.5. The van der Waals surface area contributed by atoms with Gasteiger partial charge in [-0.2, -0.15) is 0 Å². The van der Waals surface area contributed by atoms with Crippen LogP contribution in [0.4, 0.5) is 0 Å². The highest BCUT2D eigenvalue weighted by Crippen LogP contribution is 2.33. The lowest BCUT2D eigenvalue weighted by atomic mass is 9.80. The standard InChI is InChI=1S/C18H17Cl2NO/c1-21-10-16(12-4-2-6-14(19)8-12)18(22)17(11-21)13-5-3-7-15(20)9-13/h2-9,16-17H,10-11H2,1H3. The topological polar surface area (TPSA) is 20.3 Å². The normalized spacial score (nSPS) is 22.8. The second kappa shape index (κ2) is 6.41. The molecule has 2 aromatic carbocycles. The van der Waals surface area contributed by atoms with E-state index < -0.39 is 0 Å². The van der Waals surface area contributed by atoms with Crippen LogP contribution in [-0.2, 0) is 4.79 Å². The fourth-order valence-electron chi connectivity index (χ4n) is 3.11. The van der Waals surface area contributed by atoms with E-state index in [4.69, 9.17) is 23.2 Å². The number of nitrogens with zero attached hydrogens (tertiary/aromatic N) is 1. The van der Waals surface area contributed by atoms with Gasteiger partial charge in [0.05, 0.1) is 11.8 Å². The van der Waals surface area contributed by atoms with Crippen LogP contribution in [0.15, 0.2) is 48.5 Å². The largest absolute Gasteiger partial charge is 0.304 e. The molecule has 0 saturated carbocycles. The van der Waals surface area contributed by atoms with Crippen LogP contribution >= 0.6 is 23.2 Å². The number of benzene rings is 2. The minimum absolute atomic E-state index is 0.151. The number of halogens is 2. The first kappa shape index (κ1) is 15.5. The summed E-state index contributed by atoms with van der Waals surface area (Å²) in [6.45, 7) is 1.44. The molecule has 2 aromatic rings. The Morgan fingerprint density at radius 1 is 0.909 bits per heavy atom. The van der Waals surface area contributed by atoms with Crippen LogP contribution in [0.3, 0.4) is 0 Å². The number of carbonyl (C=O) groups is 1. The number of hydrogen-bond acceptors (Lipinski definition) is 2. The molecule has 2 nitrogen and oxygen atoms in total. The van der Waals surface area contributed by atoms with E-state index in [-0.39, 0.29) is 17.6 Å². The van der Waals surface area contributed by atoms with Gasteiger partial charge in [-0.25, -0.2) is 0 Å². The molecule has 3 rings (SSSR count). The minimum atomic E-state index is -0.151. The number of Topliss-reactive ketones (excluding diaryl/α,β-unsaturated/α-hetero) is 1. The molecule has 1 saturated heterocycles. The molecule has 0 bridgehead atoms. The van der Waals surface area contributed by atoms with Gasteiger partial charge >= 0.3 is 0 Å². The SMILES string of the molecule is CN1CC(c2cccc(Cl)c2)C(=O)C(c2cccc(Cl)c2)C1. The Balaban J connectivity index is 1.95. The van der Waals surface area contributed by atoms with Crippen molar-refractivity contribution in [2.45, 2.75) is 11.8 Å². The third-order valence-corrected chi connectivity index (χ3v) is 4.65. The van der Waals surface area contributed by atoms with E-state index in [2.05, 4.69) is 4.90 Å². The van der Waals surface area contributed by atoms with Crippen molar-refractivity contribution in [1.82, 2.24) is 4.90 Å². The van der Waals surface area contributed by atoms with Gasteiger partial charge in [-0.3, -0.25) is 4.79 Å². The molecule has 1 fully saturated rings. The summed E-state index contributed by atoms with van der Waals surface area (Å²) in [7, 11) is 2.04. The zero-order valence-corrected chi connectivity index (χ0v) is 13.8. The predicted molar refractivity (Wildman–Crippen MR) is 90.9 cm³/mol. The van der Waals surface area contributed by atoms with Crippen LogP contribution < -0.4 is 0 Å². The molecule has 0 radical (unpaired) electrons. The molecular weight excluding hydrogens is 317 g/mol. The van der Waals surface area contributed by atoms with Crippen LogP contribution in [0.25, 0.3) is 0 Å². The average Bonchev–Trinajstić information content (AvgIpc) is 2.49. The first-order valence-electron chi connectivity index (χ1n) is 7.28. The Morgan fingerprint density at radius 3 is 1.77 bits per heavy atom. The summed E-state index contributed by atoms with van der Waals surface area (Å²) in [6, 6.07) is 15.2. The number of rotatable bonds is 2. The fraction of sp³-hybridized carbons (Fsp3) is 0.278. The van der Waals surface area contributed by atoms with Gasteiger partial charge in [0.1, 0.15) is 5.78 Å². The van der Waals surface area contributed by atoms with Gasteiger partial charge in [-0.1, -0.05) is 47.5 Å². The van der Waals surface area contributed by atoms with Crippen LogP contribution in [0.2, 0.25) is 10.0 Å². The van der Waals surface area contributed by atoms with Gasteiger partial charge in [0.25, 0.3) is 0 Å². The Morgan fingerprint density at radius 2 is 1.36 bits per heavy atom. The molecule has 2 atom stereocenters. The maximum Gasteiger partial charge on any atom is 0.150 e. The third kappa shape index (κ3) is 3.19. The zero-order valence-electron chi connectivity index (χ0n) is 12.3. The quantitative estimate of drug-likeness (QED) is 0.813. The van der Waals surface area contributed by atoms with Crippen molar-refractivity contribution in [3.63, 3.8) is 0 Å². The molecule has 0 N–H and O–H groups in total. The lowest BCUT2D eigenvalue weighted by molar-refractivity contribution is -0.124. The molecule has 1 heterocycles. The second-order valence-corrected chi connectivity index (χ2v) is 6.71. The summed E-state index contributed by atoms with van der Waals surface area (Å²) < 4.78 is 0. The van der Waals surface area contributed by atoms with Gasteiger partial charge in [0.2, 0.25) is 0 Å². The van der Waals surface area contributed by atoms with E-state index in [0.717, 1.165) is 24.2 Å². The molecule has 0 spiro atoms. The Labute approximate surface area is 140 Å². The monoisotopic (exact) mass is 333 g/mol. The van der Waals surface area contributed by atoms with Crippen molar-refractivity contribution < 1.29 is 4.79 Å². The van der Waals surface area contributed by atoms with Gasteiger partial charge in [0.15, 0.2) is 0 Å². The third-order valence-electron chi connectivity index (χ3n) is 4.18. The molecule has 0 amide bonds. The van der Waals surface area contributed by atoms with Gasteiger partial charge in [0, 0.05) is 23.1 Å². The molecule has 0 aliphatic carbocycles. The fourth-order valence-corrected chi connectivity index (χ4v) is 3.50. The van der Waals surface area contributed by atoms with Crippen LogP contribution in [-0.4, -0.2) is 30.8 Å². The van der Waals surface area contributed by atoms with Gasteiger partial charge < -0.3 is 4.90 Å². The smallest absolute Gasteiger partial charge is 0.150 e. The number of likely N-dealkylation sites (tertiary alicyclic amines) is 1. The van der Waals surface area contributed by atoms with Crippen LogP contribution in [0.5, 0.6) is 0 Å². The van der Waals surface area contributed by atoms with Gasteiger partial charge in [-0.15, -0.1) is 0 Å². The Hall–Kier alpha value is -1.35. The van der Waals surface area contributed by atoms with Crippen molar-refractivity contribution >= 4 is 29.0 Å². The highest BCUT2D eigenvalue weighted by Gasteiger charge is 2.35. The molecule has 1 aliphatic heterocycles. The molecular formula is C18H17Cl2NO. The van der Waals surface area contributed by atoms with Crippen LogP contribution in [0.1, 0.15) is 23.0 Å². The van der Waals surface area contributed by atoms with E-state index in [1.54, 1.807) is 0 Å². The summed E-state index contributed by atoms with van der Waals surface area (Å²) >= 11 is 12.2. The molecule has 22 heavy (non-hydrogen) atoms. The van der Waals surface area contributed by atoms with Crippen molar-refractivity contribution in [3.8, 4) is 0 Å². The Bertz CT molecular complexity index is 643. The number of ketones is 1. The summed E-state index contributed by atoms with van der Waals surface area (Å²) in [5.41, 5.74) is 1.96. The van der Waals surface area contributed by atoms with E-state index in [1.807, 2.05) is 55.6 Å². The zero-order chi connectivity index (χ0) is 15.7. The molecule has 1 aliphatic rings. The summed E-state index contributed by atoms with van der Waals surface area (Å²) in [6.07, 6.45) is 0. The van der Waals surface area contributed by atoms with Crippen molar-refractivity contribution in [2.75, 3.05) is 20.1 Å². The van der Waals surface area contributed by atoms with Crippen LogP contribution in [0, 0.1) is 0 Å². The lowest BCUT2D eigenvalue weighted by Gasteiger charge is -2.35. The predicted octanol–water partition coefficient (Wildman–Crippen LogP) is 4.38. The minimum Gasteiger partial charge on any atom is -0.304 e. The van der Waals surface area contributed by atoms with E-state index in [1.165, 1.54) is 0 Å². The molecule has 114 valence electrons. The van der Waals surface area contributed by atoms with E-state index in [9.17, 15) is 4.79 Å². The number of piperidine rings is 1. The number of likely N-dealkylation sites (N-methyl/N-ethyl adjacent to an activating group) is 1. The summed E-state index contributed by atoms with van der Waals surface area (Å²) in [5, 5.41) is 1.33. The molecule has 2 unspecified atom stereocenters. The average molecular weight is 334 g/mol. The highest BCUT2D eigenvalue weighted by molar-refractivity contribution is 6.31. The van der Waals surface area contributed by atoms with Crippen molar-refractivity contribution in [2.24, 2.45) is 0 Å². The lowest BCUT2D eigenvalue weighted by Crippen LogP contribution is -2.42. The molecule has 0 aromatic heterocycles. The van der Waals surface area contributed by atoms with Crippen molar-refractivity contribution in [1.29, 1.82) is 0 Å². The number of carbonyl (C=O) groups excluding carboxylic acids is 1. The maximum absolute atomic E-state index is 13.0. The van der Waals surface area contributed by atoms with Crippen molar-refractivity contribution in [3.05, 3.63) is 69.7 Å². The van der Waals surface area contributed by atoms with Gasteiger partial charge in [-0.05, 0) is 42.4 Å². The maximum atomic E-state index is 13.0.